The van der Waals surface area contributed by atoms with Crippen molar-refractivity contribution in [2.75, 3.05) is 52.4 Å². The topological polar surface area (TPSA) is 65.0 Å². The van der Waals surface area contributed by atoms with Crippen LogP contribution < -0.4 is 10.1 Å². The van der Waals surface area contributed by atoms with Crippen LogP contribution in [0.3, 0.4) is 0 Å². The maximum atomic E-state index is 12.8. The summed E-state index contributed by atoms with van der Waals surface area (Å²) in [6.07, 6.45) is 1.04. The predicted octanol–water partition coefficient (Wildman–Crippen LogP) is 0.485. The van der Waals surface area contributed by atoms with E-state index < -0.39 is 6.10 Å². The lowest BCUT2D eigenvalue weighted by atomic mass is 10.2. The van der Waals surface area contributed by atoms with Gasteiger partial charge in [-0.2, -0.15) is 0 Å². The molecular weight excluding hydrogens is 325 g/mol. The second kappa shape index (κ2) is 10.1. The molecule has 7 heteroatoms. The molecule has 1 atom stereocenters. The van der Waals surface area contributed by atoms with Crippen molar-refractivity contribution < 1.29 is 19.0 Å². The van der Waals surface area contributed by atoms with E-state index in [1.807, 2.05) is 0 Å². The standard InChI is InChI=1S/C18H26FN3O3/c1-2-7-20-18(24)13-22-10-8-21(9-11-22)12-16(23)14-25-17-5-3-15(19)4-6-17/h2-6,16,23H,1,7-14H2,(H,20,24). The number of nitrogens with one attached hydrogen (secondary N) is 1. The highest BCUT2D eigenvalue weighted by Crippen LogP contribution is 2.11. The van der Waals surface area contributed by atoms with Gasteiger partial charge in [-0.15, -0.1) is 6.58 Å². The van der Waals surface area contributed by atoms with E-state index in [1.54, 1.807) is 6.08 Å². The van der Waals surface area contributed by atoms with Gasteiger partial charge < -0.3 is 15.2 Å². The van der Waals surface area contributed by atoms with Gasteiger partial charge in [0.1, 0.15) is 24.3 Å². The number of hydrogen-bond acceptors (Lipinski definition) is 5. The first-order chi connectivity index (χ1) is 12.1. The van der Waals surface area contributed by atoms with Crippen LogP contribution in [0.4, 0.5) is 4.39 Å². The Hall–Kier alpha value is -1.96. The van der Waals surface area contributed by atoms with Gasteiger partial charge in [0.25, 0.3) is 0 Å². The lowest BCUT2D eigenvalue weighted by Gasteiger charge is -2.35. The number of halogens is 1. The molecule has 1 heterocycles. The Morgan fingerprint density at radius 1 is 1.28 bits per heavy atom. The molecule has 2 rings (SSSR count). The van der Waals surface area contributed by atoms with Gasteiger partial charge in [0.2, 0.25) is 5.91 Å². The molecule has 6 nitrogen and oxygen atoms in total. The minimum absolute atomic E-state index is 0.00100. The van der Waals surface area contributed by atoms with Crippen LogP contribution in [0, 0.1) is 5.82 Å². The molecule has 0 aromatic heterocycles. The first kappa shape index (κ1) is 19.4. The summed E-state index contributed by atoms with van der Waals surface area (Å²) in [4.78, 5) is 15.9. The fourth-order valence-electron chi connectivity index (χ4n) is 2.65. The Morgan fingerprint density at radius 2 is 1.92 bits per heavy atom. The number of aliphatic hydroxyl groups excluding tert-OH is 1. The third kappa shape index (κ3) is 7.21. The number of benzene rings is 1. The van der Waals surface area contributed by atoms with E-state index in [0.717, 1.165) is 26.2 Å². The summed E-state index contributed by atoms with van der Waals surface area (Å²) in [5.74, 6) is 0.223. The van der Waals surface area contributed by atoms with Crippen LogP contribution in [0.5, 0.6) is 5.75 Å². The molecule has 1 aliphatic rings. The largest absolute Gasteiger partial charge is 0.491 e. The number of rotatable bonds is 9. The molecule has 138 valence electrons. The second-order valence-corrected chi connectivity index (χ2v) is 6.09. The number of β-amino-alcohol motifs (C(OH)–C–C–N with tert-alkyl or cyclic N) is 1. The van der Waals surface area contributed by atoms with E-state index in [1.165, 1.54) is 24.3 Å². The summed E-state index contributed by atoms with van der Waals surface area (Å²) in [6, 6.07) is 5.73. The van der Waals surface area contributed by atoms with Gasteiger partial charge in [-0.1, -0.05) is 6.08 Å². The van der Waals surface area contributed by atoms with E-state index in [-0.39, 0.29) is 18.3 Å². The molecule has 1 amide bonds. The van der Waals surface area contributed by atoms with Crippen LogP contribution in [0.1, 0.15) is 0 Å². The van der Waals surface area contributed by atoms with Crippen LogP contribution in [-0.2, 0) is 4.79 Å². The lowest BCUT2D eigenvalue weighted by Crippen LogP contribution is -2.51. The number of nitrogens with zero attached hydrogens (tertiary/aromatic N) is 2. The van der Waals surface area contributed by atoms with E-state index in [2.05, 4.69) is 21.7 Å². The van der Waals surface area contributed by atoms with Crippen molar-refractivity contribution in [3.63, 3.8) is 0 Å². The Morgan fingerprint density at radius 3 is 2.56 bits per heavy atom. The van der Waals surface area contributed by atoms with Crippen molar-refractivity contribution in [1.82, 2.24) is 15.1 Å². The zero-order chi connectivity index (χ0) is 18.1. The fraction of sp³-hybridized carbons (Fsp3) is 0.500. The van der Waals surface area contributed by atoms with Gasteiger partial charge >= 0.3 is 0 Å². The van der Waals surface area contributed by atoms with Gasteiger partial charge in [-0.25, -0.2) is 4.39 Å². The van der Waals surface area contributed by atoms with E-state index in [9.17, 15) is 14.3 Å². The number of hydrogen-bond donors (Lipinski definition) is 2. The quantitative estimate of drug-likeness (QED) is 0.634. The van der Waals surface area contributed by atoms with Crippen molar-refractivity contribution in [2.45, 2.75) is 6.10 Å². The summed E-state index contributed by atoms with van der Waals surface area (Å²) in [5, 5.41) is 12.9. The molecule has 1 saturated heterocycles. The van der Waals surface area contributed by atoms with Gasteiger partial charge in [-0.3, -0.25) is 14.6 Å². The molecule has 25 heavy (non-hydrogen) atoms. The Bertz CT molecular complexity index is 545. The molecule has 0 saturated carbocycles. The molecule has 2 N–H and O–H groups in total. The molecule has 1 unspecified atom stereocenters. The van der Waals surface area contributed by atoms with Crippen LogP contribution in [0.15, 0.2) is 36.9 Å². The van der Waals surface area contributed by atoms with Gasteiger partial charge in [-0.05, 0) is 24.3 Å². The zero-order valence-corrected chi connectivity index (χ0v) is 14.4. The first-order valence-electron chi connectivity index (χ1n) is 8.45. The molecule has 1 fully saturated rings. The van der Waals surface area contributed by atoms with E-state index in [4.69, 9.17) is 4.74 Å². The highest BCUT2D eigenvalue weighted by atomic mass is 19.1. The predicted molar refractivity (Wildman–Crippen MR) is 94.0 cm³/mol. The number of amides is 1. The maximum absolute atomic E-state index is 12.8. The normalized spacial score (nSPS) is 17.0. The third-order valence-electron chi connectivity index (χ3n) is 4.00. The molecule has 1 aromatic rings. The molecule has 0 spiro atoms. The monoisotopic (exact) mass is 351 g/mol. The van der Waals surface area contributed by atoms with E-state index >= 15 is 0 Å². The average molecular weight is 351 g/mol. The van der Waals surface area contributed by atoms with Crippen LogP contribution in [-0.4, -0.2) is 79.3 Å². The summed E-state index contributed by atoms with van der Waals surface area (Å²) < 4.78 is 18.3. The van der Waals surface area contributed by atoms with Gasteiger partial charge in [0, 0.05) is 39.3 Å². The summed E-state index contributed by atoms with van der Waals surface area (Å²) in [7, 11) is 0. The number of piperazine rings is 1. The molecule has 1 aromatic carbocycles. The molecule has 0 aliphatic carbocycles. The number of carbonyl (C=O) groups excluding carboxylic acids is 1. The molecule has 1 aliphatic heterocycles. The smallest absolute Gasteiger partial charge is 0.234 e. The summed E-state index contributed by atoms with van der Waals surface area (Å²) in [6.45, 7) is 8.27. The van der Waals surface area contributed by atoms with Crippen molar-refractivity contribution in [1.29, 1.82) is 0 Å². The fourth-order valence-corrected chi connectivity index (χ4v) is 2.65. The molecule has 0 radical (unpaired) electrons. The Labute approximate surface area is 147 Å². The van der Waals surface area contributed by atoms with Crippen LogP contribution in [0.2, 0.25) is 0 Å². The van der Waals surface area contributed by atoms with Crippen molar-refractivity contribution >= 4 is 5.91 Å². The van der Waals surface area contributed by atoms with Crippen molar-refractivity contribution in [3.8, 4) is 5.75 Å². The van der Waals surface area contributed by atoms with E-state index in [0.29, 0.717) is 25.4 Å². The number of ether oxygens (including phenoxy) is 1. The highest BCUT2D eigenvalue weighted by Gasteiger charge is 2.20. The second-order valence-electron chi connectivity index (χ2n) is 6.09. The average Bonchev–Trinajstić information content (AvgIpc) is 2.61. The van der Waals surface area contributed by atoms with Gasteiger partial charge in [0.15, 0.2) is 0 Å². The lowest BCUT2D eigenvalue weighted by molar-refractivity contribution is -0.122. The minimum atomic E-state index is -0.618. The Kier molecular flexibility index (Phi) is 7.84. The molecule has 0 bridgehead atoms. The zero-order valence-electron chi connectivity index (χ0n) is 14.4. The van der Waals surface area contributed by atoms with Crippen molar-refractivity contribution in [2.24, 2.45) is 0 Å². The van der Waals surface area contributed by atoms with Crippen molar-refractivity contribution in [3.05, 3.63) is 42.7 Å². The van der Waals surface area contributed by atoms with Gasteiger partial charge in [0.05, 0.1) is 6.54 Å². The molecular formula is C18H26FN3O3. The maximum Gasteiger partial charge on any atom is 0.234 e. The van der Waals surface area contributed by atoms with Crippen LogP contribution >= 0.6 is 0 Å². The first-order valence-corrected chi connectivity index (χ1v) is 8.45. The SMILES string of the molecule is C=CCNC(=O)CN1CCN(CC(O)COc2ccc(F)cc2)CC1. The Balaban J connectivity index is 1.63. The minimum Gasteiger partial charge on any atom is -0.491 e. The highest BCUT2D eigenvalue weighted by molar-refractivity contribution is 5.78. The number of aliphatic hydroxyl groups is 1. The summed E-state index contributed by atoms with van der Waals surface area (Å²) >= 11 is 0. The number of carbonyl (C=O) groups is 1. The third-order valence-corrected chi connectivity index (χ3v) is 4.00. The summed E-state index contributed by atoms with van der Waals surface area (Å²) in [5.41, 5.74) is 0. The van der Waals surface area contributed by atoms with Crippen LogP contribution in [0.25, 0.3) is 0 Å².